The fourth-order valence-corrected chi connectivity index (χ4v) is 5.21. The van der Waals surface area contributed by atoms with Gasteiger partial charge in [0, 0.05) is 11.4 Å². The first kappa shape index (κ1) is 17.8. The minimum atomic E-state index is -0.553. The van der Waals surface area contributed by atoms with Crippen LogP contribution in [0.1, 0.15) is 23.3 Å². The normalized spacial score (nSPS) is 13.5. The molecule has 1 aliphatic carbocycles. The second-order valence-electron chi connectivity index (χ2n) is 6.07. The smallest absolute Gasteiger partial charge is 0.283 e. The summed E-state index contributed by atoms with van der Waals surface area (Å²) in [4.78, 5) is 38.0. The molecule has 0 saturated carbocycles. The minimum absolute atomic E-state index is 0.0799. The Labute approximate surface area is 162 Å². The zero-order valence-corrected chi connectivity index (χ0v) is 15.9. The number of fused-ring (bicyclic) bond motifs is 3. The molecule has 1 aliphatic rings. The van der Waals surface area contributed by atoms with E-state index in [1.807, 2.05) is 0 Å². The molecule has 27 heavy (non-hydrogen) atoms. The molecule has 3 heterocycles. The van der Waals surface area contributed by atoms with Gasteiger partial charge in [0.2, 0.25) is 0 Å². The van der Waals surface area contributed by atoms with Crippen LogP contribution in [0.3, 0.4) is 0 Å². The Morgan fingerprint density at radius 1 is 1.33 bits per heavy atom. The Hall–Kier alpha value is -2.59. The molecule has 8 nitrogen and oxygen atoms in total. The van der Waals surface area contributed by atoms with Crippen molar-refractivity contribution in [3.8, 4) is 0 Å². The van der Waals surface area contributed by atoms with Crippen LogP contribution in [0.2, 0.25) is 0 Å². The van der Waals surface area contributed by atoms with Crippen LogP contribution in [0.4, 0.5) is 5.69 Å². The van der Waals surface area contributed by atoms with Crippen LogP contribution < -0.4 is 5.56 Å². The van der Waals surface area contributed by atoms with Crippen molar-refractivity contribution >= 4 is 39.0 Å². The third-order valence-corrected chi connectivity index (χ3v) is 6.43. The number of hydrogen-bond acceptors (Lipinski definition) is 8. The highest BCUT2D eigenvalue weighted by Gasteiger charge is 2.22. The summed E-state index contributed by atoms with van der Waals surface area (Å²) in [7, 11) is 0. The molecular weight excluding hydrogens is 386 g/mol. The van der Waals surface area contributed by atoms with Crippen molar-refractivity contribution in [1.29, 1.82) is 0 Å². The van der Waals surface area contributed by atoms with E-state index >= 15 is 0 Å². The zero-order chi connectivity index (χ0) is 19.0. The summed E-state index contributed by atoms with van der Waals surface area (Å²) in [6, 6.07) is 0. The van der Waals surface area contributed by atoms with E-state index in [0.717, 1.165) is 60.2 Å². The average Bonchev–Trinajstić information content (AvgIpc) is 3.03. The summed E-state index contributed by atoms with van der Waals surface area (Å²) in [6.07, 6.45) is 8.07. The van der Waals surface area contributed by atoms with Crippen LogP contribution in [-0.2, 0) is 19.4 Å². The number of rotatable bonds is 5. The molecule has 0 N–H and O–H groups in total. The van der Waals surface area contributed by atoms with Gasteiger partial charge in [0.15, 0.2) is 10.3 Å². The maximum Gasteiger partial charge on any atom is 0.305 e. The van der Waals surface area contributed by atoms with Crippen molar-refractivity contribution in [3.05, 3.63) is 56.0 Å². The second-order valence-corrected chi connectivity index (χ2v) is 8.09. The fraction of sp³-hybridized carbons (Fsp3) is 0.294. The third-order valence-electron chi connectivity index (χ3n) is 4.36. The first-order valence-corrected chi connectivity index (χ1v) is 10.0. The van der Waals surface area contributed by atoms with Gasteiger partial charge >= 0.3 is 5.69 Å². The molecule has 0 aromatic carbocycles. The quantitative estimate of drug-likeness (QED) is 0.279. The van der Waals surface area contributed by atoms with E-state index in [2.05, 4.69) is 16.5 Å². The summed E-state index contributed by atoms with van der Waals surface area (Å²) in [5, 5.41) is 12.2. The van der Waals surface area contributed by atoms with Gasteiger partial charge in [-0.3, -0.25) is 19.5 Å². The topological polar surface area (TPSA) is 104 Å². The van der Waals surface area contributed by atoms with Crippen LogP contribution in [0.5, 0.6) is 0 Å². The van der Waals surface area contributed by atoms with E-state index in [0.29, 0.717) is 22.2 Å². The summed E-state index contributed by atoms with van der Waals surface area (Å²) in [5.74, 6) is 0. The average molecular weight is 401 g/mol. The molecule has 10 heteroatoms. The van der Waals surface area contributed by atoms with E-state index < -0.39 is 4.92 Å². The number of nitrogens with zero attached hydrogens (tertiary/aromatic N) is 5. The Bertz CT molecular complexity index is 1100. The SMILES string of the molecule is C=CCn1c(Sc2ncc([N+](=O)[O-])cn2)nc2sc3c(c2c1=O)CCCC3. The lowest BCUT2D eigenvalue weighted by Crippen LogP contribution is -2.23. The second kappa shape index (κ2) is 7.20. The molecule has 4 rings (SSSR count). The van der Waals surface area contributed by atoms with Crippen molar-refractivity contribution in [2.75, 3.05) is 0 Å². The van der Waals surface area contributed by atoms with Gasteiger partial charge in [-0.2, -0.15) is 0 Å². The predicted octanol–water partition coefficient (Wildman–Crippen LogP) is 3.37. The van der Waals surface area contributed by atoms with E-state index in [1.54, 1.807) is 22.0 Å². The van der Waals surface area contributed by atoms with Crippen molar-refractivity contribution in [1.82, 2.24) is 19.5 Å². The van der Waals surface area contributed by atoms with Gasteiger partial charge in [0.25, 0.3) is 5.56 Å². The van der Waals surface area contributed by atoms with Gasteiger partial charge in [-0.1, -0.05) is 6.08 Å². The molecule has 3 aromatic rings. The molecule has 0 atom stereocenters. The first-order chi connectivity index (χ1) is 13.1. The third kappa shape index (κ3) is 3.26. The van der Waals surface area contributed by atoms with Crippen molar-refractivity contribution in [2.24, 2.45) is 0 Å². The zero-order valence-electron chi connectivity index (χ0n) is 14.3. The lowest BCUT2D eigenvalue weighted by molar-refractivity contribution is -0.385. The lowest BCUT2D eigenvalue weighted by Gasteiger charge is -2.11. The number of allylic oxidation sites excluding steroid dienone is 1. The number of thiophene rings is 1. The van der Waals surface area contributed by atoms with Gasteiger partial charge < -0.3 is 0 Å². The fourth-order valence-electron chi connectivity index (χ4n) is 3.13. The minimum Gasteiger partial charge on any atom is -0.283 e. The summed E-state index contributed by atoms with van der Waals surface area (Å²) in [5.41, 5.74) is 0.876. The maximum atomic E-state index is 13.1. The van der Waals surface area contributed by atoms with Gasteiger partial charge in [0.1, 0.15) is 17.2 Å². The van der Waals surface area contributed by atoms with E-state index in [9.17, 15) is 14.9 Å². The summed E-state index contributed by atoms with van der Waals surface area (Å²) < 4.78 is 1.56. The van der Waals surface area contributed by atoms with Gasteiger partial charge in [-0.25, -0.2) is 15.0 Å². The van der Waals surface area contributed by atoms with Crippen LogP contribution >= 0.6 is 23.1 Å². The molecule has 0 spiro atoms. The van der Waals surface area contributed by atoms with Crippen molar-refractivity contribution in [2.45, 2.75) is 42.5 Å². The maximum absolute atomic E-state index is 13.1. The van der Waals surface area contributed by atoms with Crippen LogP contribution in [0, 0.1) is 10.1 Å². The Morgan fingerprint density at radius 2 is 2.07 bits per heavy atom. The molecule has 0 bridgehead atoms. The standard InChI is InChI=1S/C17H15N5O3S2/c1-2-7-21-15(23)13-11-5-3-4-6-12(11)26-14(13)20-17(21)27-16-18-8-10(9-19-16)22(24)25/h2,8-9H,1,3-7H2. The Morgan fingerprint density at radius 3 is 2.78 bits per heavy atom. The Kier molecular flexibility index (Phi) is 4.75. The van der Waals surface area contributed by atoms with Crippen LogP contribution in [0.25, 0.3) is 10.2 Å². The molecular formula is C17H15N5O3S2. The summed E-state index contributed by atoms with van der Waals surface area (Å²) >= 11 is 2.69. The van der Waals surface area contributed by atoms with E-state index in [4.69, 9.17) is 4.98 Å². The van der Waals surface area contributed by atoms with Crippen molar-refractivity contribution in [3.63, 3.8) is 0 Å². The Balaban J connectivity index is 1.81. The van der Waals surface area contributed by atoms with Gasteiger partial charge in [-0.05, 0) is 43.0 Å². The molecule has 0 saturated heterocycles. The largest absolute Gasteiger partial charge is 0.305 e. The number of aryl methyl sites for hydroxylation is 2. The molecule has 0 unspecified atom stereocenters. The lowest BCUT2D eigenvalue weighted by atomic mass is 9.97. The molecule has 138 valence electrons. The number of aromatic nitrogens is 4. The molecule has 0 aliphatic heterocycles. The highest BCUT2D eigenvalue weighted by atomic mass is 32.2. The highest BCUT2D eigenvalue weighted by molar-refractivity contribution is 7.99. The molecule has 3 aromatic heterocycles. The van der Waals surface area contributed by atoms with Crippen LogP contribution in [-0.4, -0.2) is 24.4 Å². The molecule has 0 amide bonds. The summed E-state index contributed by atoms with van der Waals surface area (Å²) in [6.45, 7) is 4.05. The highest BCUT2D eigenvalue weighted by Crippen LogP contribution is 2.35. The van der Waals surface area contributed by atoms with Gasteiger partial charge in [-0.15, -0.1) is 17.9 Å². The number of nitro groups is 1. The van der Waals surface area contributed by atoms with Crippen molar-refractivity contribution < 1.29 is 4.92 Å². The van der Waals surface area contributed by atoms with Crippen LogP contribution in [0.15, 0.2) is 40.2 Å². The van der Waals surface area contributed by atoms with E-state index in [-0.39, 0.29) is 11.2 Å². The molecule has 0 fully saturated rings. The predicted molar refractivity (Wildman–Crippen MR) is 104 cm³/mol. The van der Waals surface area contributed by atoms with E-state index in [1.165, 1.54) is 4.88 Å². The number of hydrogen-bond donors (Lipinski definition) is 0. The van der Waals surface area contributed by atoms with Gasteiger partial charge in [0.05, 0.1) is 10.3 Å². The monoisotopic (exact) mass is 401 g/mol. The molecule has 0 radical (unpaired) electrons. The first-order valence-electron chi connectivity index (χ1n) is 8.38.